The molecule has 3 rings (SSSR count). The van der Waals surface area contributed by atoms with E-state index in [2.05, 4.69) is 28.3 Å². The molecule has 1 atom stereocenters. The highest BCUT2D eigenvalue weighted by Gasteiger charge is 2.20. The van der Waals surface area contributed by atoms with Crippen molar-refractivity contribution in [3.05, 3.63) is 30.5 Å². The predicted octanol–water partition coefficient (Wildman–Crippen LogP) is 2.32. The van der Waals surface area contributed by atoms with E-state index in [1.54, 1.807) is 6.20 Å². The number of nitrogens with two attached hydrogens (primary N) is 1. The van der Waals surface area contributed by atoms with Crippen LogP contribution in [-0.2, 0) is 0 Å². The van der Waals surface area contributed by atoms with Crippen LogP contribution in [0.5, 0.6) is 0 Å². The first-order valence-electron chi connectivity index (χ1n) is 6.83. The molecule has 1 saturated heterocycles. The van der Waals surface area contributed by atoms with Crippen LogP contribution in [0.1, 0.15) is 12.8 Å². The number of rotatable bonds is 3. The number of likely N-dealkylation sites (tertiary alicyclic amines) is 1. The van der Waals surface area contributed by atoms with E-state index in [1.807, 2.05) is 18.2 Å². The van der Waals surface area contributed by atoms with Crippen molar-refractivity contribution in [2.75, 3.05) is 31.2 Å². The average Bonchev–Trinajstić information content (AvgIpc) is 2.83. The Hall–Kier alpha value is -1.81. The first kappa shape index (κ1) is 12.2. The van der Waals surface area contributed by atoms with Gasteiger partial charge in [-0.1, -0.05) is 18.2 Å². The van der Waals surface area contributed by atoms with Gasteiger partial charge < -0.3 is 16.0 Å². The largest absolute Gasteiger partial charge is 0.396 e. The molecular weight excluding hydrogens is 236 g/mol. The summed E-state index contributed by atoms with van der Waals surface area (Å²) in [6, 6.07) is 8.71. The molecule has 2 aromatic rings. The molecular formula is C15H20N4. The molecule has 100 valence electrons. The molecule has 1 fully saturated rings. The van der Waals surface area contributed by atoms with Crippen LogP contribution >= 0.6 is 0 Å². The second-order valence-electron chi connectivity index (χ2n) is 5.26. The highest BCUT2D eigenvalue weighted by molar-refractivity contribution is 5.96. The zero-order valence-electron chi connectivity index (χ0n) is 11.3. The van der Waals surface area contributed by atoms with E-state index in [0.29, 0.717) is 6.04 Å². The van der Waals surface area contributed by atoms with Gasteiger partial charge in [0, 0.05) is 18.0 Å². The number of anilines is 2. The lowest BCUT2D eigenvalue weighted by molar-refractivity contribution is 0.322. The SMILES string of the molecule is CN1CCCC1CNc1c(N)cnc2ccccc12. The summed E-state index contributed by atoms with van der Waals surface area (Å²) in [6.45, 7) is 2.13. The van der Waals surface area contributed by atoms with Crippen molar-refractivity contribution in [3.8, 4) is 0 Å². The highest BCUT2D eigenvalue weighted by Crippen LogP contribution is 2.28. The first-order chi connectivity index (χ1) is 9.25. The van der Waals surface area contributed by atoms with Crippen molar-refractivity contribution in [2.24, 2.45) is 0 Å². The quantitative estimate of drug-likeness (QED) is 0.885. The number of pyridine rings is 1. The van der Waals surface area contributed by atoms with Crippen molar-refractivity contribution in [2.45, 2.75) is 18.9 Å². The monoisotopic (exact) mass is 256 g/mol. The number of hydrogen-bond donors (Lipinski definition) is 2. The summed E-state index contributed by atoms with van der Waals surface area (Å²) in [7, 11) is 2.19. The molecule has 1 aliphatic rings. The molecule has 3 N–H and O–H groups in total. The number of nitrogen functional groups attached to an aromatic ring is 1. The minimum atomic E-state index is 0.603. The van der Waals surface area contributed by atoms with Crippen LogP contribution in [0.3, 0.4) is 0 Å². The minimum absolute atomic E-state index is 0.603. The summed E-state index contributed by atoms with van der Waals surface area (Å²) in [5.41, 5.74) is 8.79. The van der Waals surface area contributed by atoms with Crippen molar-refractivity contribution in [3.63, 3.8) is 0 Å². The Balaban J connectivity index is 1.85. The van der Waals surface area contributed by atoms with Gasteiger partial charge in [0.2, 0.25) is 0 Å². The second kappa shape index (κ2) is 5.05. The van der Waals surface area contributed by atoms with E-state index in [0.717, 1.165) is 28.8 Å². The number of benzene rings is 1. The van der Waals surface area contributed by atoms with Gasteiger partial charge in [0.25, 0.3) is 0 Å². The maximum atomic E-state index is 6.07. The van der Waals surface area contributed by atoms with Crippen LogP contribution < -0.4 is 11.1 Å². The molecule has 0 aliphatic carbocycles. The van der Waals surface area contributed by atoms with Gasteiger partial charge in [0.05, 0.1) is 23.1 Å². The van der Waals surface area contributed by atoms with E-state index in [4.69, 9.17) is 5.73 Å². The number of hydrogen-bond acceptors (Lipinski definition) is 4. The zero-order chi connectivity index (χ0) is 13.2. The summed E-state index contributed by atoms with van der Waals surface area (Å²) in [5.74, 6) is 0. The van der Waals surface area contributed by atoms with Crippen molar-refractivity contribution >= 4 is 22.3 Å². The Morgan fingerprint density at radius 1 is 1.42 bits per heavy atom. The molecule has 1 aliphatic heterocycles. The predicted molar refractivity (Wildman–Crippen MR) is 80.3 cm³/mol. The molecule has 0 amide bonds. The van der Waals surface area contributed by atoms with Crippen molar-refractivity contribution < 1.29 is 0 Å². The molecule has 1 unspecified atom stereocenters. The summed E-state index contributed by atoms with van der Waals surface area (Å²) < 4.78 is 0. The number of nitrogens with zero attached hydrogens (tertiary/aromatic N) is 2. The molecule has 0 spiro atoms. The van der Waals surface area contributed by atoms with Crippen LogP contribution in [-0.4, -0.2) is 36.1 Å². The molecule has 19 heavy (non-hydrogen) atoms. The van der Waals surface area contributed by atoms with Crippen LogP contribution in [0.2, 0.25) is 0 Å². The normalized spacial score (nSPS) is 19.9. The van der Waals surface area contributed by atoms with E-state index in [9.17, 15) is 0 Å². The Kier molecular flexibility index (Phi) is 3.25. The van der Waals surface area contributed by atoms with Gasteiger partial charge in [-0.3, -0.25) is 4.98 Å². The third kappa shape index (κ3) is 2.36. The molecule has 4 nitrogen and oxygen atoms in total. The van der Waals surface area contributed by atoms with Gasteiger partial charge >= 0.3 is 0 Å². The lowest BCUT2D eigenvalue weighted by Gasteiger charge is -2.21. The van der Waals surface area contributed by atoms with Gasteiger partial charge in [-0.2, -0.15) is 0 Å². The topological polar surface area (TPSA) is 54.2 Å². The minimum Gasteiger partial charge on any atom is -0.396 e. The van der Waals surface area contributed by atoms with Crippen molar-refractivity contribution in [1.29, 1.82) is 0 Å². The number of likely N-dealkylation sites (N-methyl/N-ethyl adjacent to an activating group) is 1. The second-order valence-corrected chi connectivity index (χ2v) is 5.26. The third-order valence-corrected chi connectivity index (χ3v) is 3.99. The van der Waals surface area contributed by atoms with E-state index in [-0.39, 0.29) is 0 Å². The highest BCUT2D eigenvalue weighted by atomic mass is 15.2. The molecule has 4 heteroatoms. The van der Waals surface area contributed by atoms with Gasteiger partial charge in [-0.15, -0.1) is 0 Å². The summed E-state index contributed by atoms with van der Waals surface area (Å²) in [4.78, 5) is 6.77. The lowest BCUT2D eigenvalue weighted by atomic mass is 10.1. The smallest absolute Gasteiger partial charge is 0.0743 e. The van der Waals surface area contributed by atoms with Gasteiger partial charge in [0.15, 0.2) is 0 Å². The van der Waals surface area contributed by atoms with E-state index >= 15 is 0 Å². The fourth-order valence-corrected chi connectivity index (χ4v) is 2.81. The maximum Gasteiger partial charge on any atom is 0.0743 e. The van der Waals surface area contributed by atoms with E-state index < -0.39 is 0 Å². The van der Waals surface area contributed by atoms with Crippen LogP contribution in [0.25, 0.3) is 10.9 Å². The standard InChI is InChI=1S/C15H20N4/c1-19-8-4-5-11(19)9-18-15-12-6-2-3-7-14(12)17-10-13(15)16/h2-3,6-7,10-11H,4-5,8-9,16H2,1H3,(H,17,18). The Morgan fingerprint density at radius 2 is 2.26 bits per heavy atom. The number of aromatic nitrogens is 1. The molecule has 2 heterocycles. The van der Waals surface area contributed by atoms with Gasteiger partial charge in [-0.05, 0) is 32.5 Å². The molecule has 1 aromatic heterocycles. The lowest BCUT2D eigenvalue weighted by Crippen LogP contribution is -2.31. The molecule has 1 aromatic carbocycles. The molecule has 0 radical (unpaired) electrons. The Morgan fingerprint density at radius 3 is 3.05 bits per heavy atom. The fraction of sp³-hybridized carbons (Fsp3) is 0.400. The third-order valence-electron chi connectivity index (χ3n) is 3.99. The summed E-state index contributed by atoms with van der Waals surface area (Å²) in [5, 5.41) is 4.62. The Labute approximate surface area is 113 Å². The van der Waals surface area contributed by atoms with Crippen LogP contribution in [0.15, 0.2) is 30.5 Å². The molecule has 0 bridgehead atoms. The van der Waals surface area contributed by atoms with Gasteiger partial charge in [-0.25, -0.2) is 0 Å². The fourth-order valence-electron chi connectivity index (χ4n) is 2.81. The van der Waals surface area contributed by atoms with Gasteiger partial charge in [0.1, 0.15) is 0 Å². The maximum absolute atomic E-state index is 6.07. The van der Waals surface area contributed by atoms with E-state index in [1.165, 1.54) is 19.4 Å². The number of nitrogens with one attached hydrogen (secondary N) is 1. The summed E-state index contributed by atoms with van der Waals surface area (Å²) in [6.07, 6.45) is 4.28. The summed E-state index contributed by atoms with van der Waals surface area (Å²) >= 11 is 0. The van der Waals surface area contributed by atoms with Crippen LogP contribution in [0.4, 0.5) is 11.4 Å². The Bertz CT molecular complexity index is 581. The molecule has 0 saturated carbocycles. The zero-order valence-corrected chi connectivity index (χ0v) is 11.3. The van der Waals surface area contributed by atoms with Crippen LogP contribution in [0, 0.1) is 0 Å². The number of para-hydroxylation sites is 1. The van der Waals surface area contributed by atoms with Crippen molar-refractivity contribution in [1.82, 2.24) is 9.88 Å². The number of fused-ring (bicyclic) bond motifs is 1. The average molecular weight is 256 g/mol. The first-order valence-corrected chi connectivity index (χ1v) is 6.83.